The molecule has 1 aliphatic heterocycles. The van der Waals surface area contributed by atoms with E-state index in [9.17, 15) is 9.18 Å². The van der Waals surface area contributed by atoms with Crippen LogP contribution in [0, 0.1) is 5.82 Å². The van der Waals surface area contributed by atoms with Gasteiger partial charge in [-0.05, 0) is 48.2 Å². The Balaban J connectivity index is 1.63. The first-order chi connectivity index (χ1) is 10.6. The number of anilines is 1. The first-order valence-corrected chi connectivity index (χ1v) is 7.51. The molecular weight excluding hydrogens is 279 g/mol. The Morgan fingerprint density at radius 1 is 1.09 bits per heavy atom. The highest BCUT2D eigenvalue weighted by molar-refractivity contribution is 5.96. The largest absolute Gasteiger partial charge is 0.326 e. The molecule has 1 saturated heterocycles. The normalized spacial score (nSPS) is 18.0. The summed E-state index contributed by atoms with van der Waals surface area (Å²) in [5, 5.41) is 0. The second-order valence-corrected chi connectivity index (χ2v) is 5.76. The van der Waals surface area contributed by atoms with E-state index in [0.29, 0.717) is 13.0 Å². The molecule has 4 heteroatoms. The smallest absolute Gasteiger partial charge is 0.228 e. The number of aryl methyl sites for hydroxylation is 2. The van der Waals surface area contributed by atoms with Crippen molar-refractivity contribution in [2.24, 2.45) is 5.73 Å². The zero-order valence-corrected chi connectivity index (χ0v) is 12.3. The van der Waals surface area contributed by atoms with Gasteiger partial charge in [0.2, 0.25) is 5.91 Å². The minimum atomic E-state index is -0.197. The fourth-order valence-electron chi connectivity index (χ4n) is 2.81. The van der Waals surface area contributed by atoms with Crippen molar-refractivity contribution in [2.45, 2.75) is 25.3 Å². The van der Waals surface area contributed by atoms with Gasteiger partial charge in [0.1, 0.15) is 5.82 Å². The molecule has 1 atom stereocenters. The number of benzene rings is 2. The van der Waals surface area contributed by atoms with E-state index >= 15 is 0 Å². The number of hydrogen-bond donors (Lipinski definition) is 1. The minimum absolute atomic E-state index is 0.0693. The maximum atomic E-state index is 13.1. The molecule has 0 saturated carbocycles. The molecule has 2 aromatic carbocycles. The van der Waals surface area contributed by atoms with Crippen LogP contribution in [0.2, 0.25) is 0 Å². The van der Waals surface area contributed by atoms with E-state index in [1.54, 1.807) is 17.0 Å². The summed E-state index contributed by atoms with van der Waals surface area (Å²) in [6.45, 7) is 0.585. The fourth-order valence-corrected chi connectivity index (χ4v) is 2.81. The van der Waals surface area contributed by atoms with Crippen molar-refractivity contribution in [1.29, 1.82) is 0 Å². The van der Waals surface area contributed by atoms with Crippen LogP contribution < -0.4 is 10.6 Å². The van der Waals surface area contributed by atoms with Crippen molar-refractivity contribution in [3.63, 3.8) is 0 Å². The highest BCUT2D eigenvalue weighted by Gasteiger charge is 2.27. The maximum absolute atomic E-state index is 13.1. The zero-order valence-electron chi connectivity index (χ0n) is 12.3. The Kier molecular flexibility index (Phi) is 4.20. The molecule has 2 aromatic rings. The predicted octanol–water partition coefficient (Wildman–Crippen LogP) is 2.67. The molecule has 1 unspecified atom stereocenters. The van der Waals surface area contributed by atoms with Crippen LogP contribution in [0.3, 0.4) is 0 Å². The summed E-state index contributed by atoms with van der Waals surface area (Å²) in [5.74, 6) is -0.114. The lowest BCUT2D eigenvalue weighted by molar-refractivity contribution is -0.117. The standard InChI is InChI=1S/C18H19FN2O/c19-15-3-1-2-14(10-15)5-4-13-6-8-17(9-7-13)21-12-16(20)11-18(21)22/h1-3,6-10,16H,4-5,11-12,20H2. The van der Waals surface area contributed by atoms with Crippen molar-refractivity contribution in [3.05, 3.63) is 65.5 Å². The monoisotopic (exact) mass is 298 g/mol. The summed E-state index contributed by atoms with van der Waals surface area (Å²) in [5.41, 5.74) is 8.87. The van der Waals surface area contributed by atoms with E-state index in [1.165, 1.54) is 11.6 Å². The zero-order chi connectivity index (χ0) is 15.5. The quantitative estimate of drug-likeness (QED) is 0.943. The molecule has 0 aromatic heterocycles. The van der Waals surface area contributed by atoms with E-state index < -0.39 is 0 Å². The summed E-state index contributed by atoms with van der Waals surface area (Å²) < 4.78 is 13.1. The van der Waals surface area contributed by atoms with Crippen molar-refractivity contribution < 1.29 is 9.18 Å². The van der Waals surface area contributed by atoms with Gasteiger partial charge in [0, 0.05) is 24.7 Å². The molecule has 2 N–H and O–H groups in total. The molecule has 0 radical (unpaired) electrons. The molecular formula is C18H19FN2O. The van der Waals surface area contributed by atoms with Crippen LogP contribution in [-0.2, 0) is 17.6 Å². The Labute approximate surface area is 129 Å². The third-order valence-corrected chi connectivity index (χ3v) is 3.99. The van der Waals surface area contributed by atoms with Crippen LogP contribution in [0.15, 0.2) is 48.5 Å². The minimum Gasteiger partial charge on any atom is -0.326 e. The van der Waals surface area contributed by atoms with Gasteiger partial charge in [0.05, 0.1) is 0 Å². The number of carbonyl (C=O) groups excluding carboxylic acids is 1. The summed E-state index contributed by atoms with van der Waals surface area (Å²) in [7, 11) is 0. The predicted molar refractivity (Wildman–Crippen MR) is 85.2 cm³/mol. The molecule has 1 amide bonds. The molecule has 3 nitrogen and oxygen atoms in total. The first kappa shape index (κ1) is 14.7. The van der Waals surface area contributed by atoms with Crippen LogP contribution in [0.4, 0.5) is 10.1 Å². The van der Waals surface area contributed by atoms with Gasteiger partial charge < -0.3 is 10.6 Å². The van der Waals surface area contributed by atoms with E-state index in [2.05, 4.69) is 0 Å². The Bertz CT molecular complexity index is 669. The average molecular weight is 298 g/mol. The molecule has 0 bridgehead atoms. The van der Waals surface area contributed by atoms with Gasteiger partial charge in [0.25, 0.3) is 0 Å². The molecule has 114 valence electrons. The summed E-state index contributed by atoms with van der Waals surface area (Å²) in [6.07, 6.45) is 2.06. The molecule has 22 heavy (non-hydrogen) atoms. The van der Waals surface area contributed by atoms with Gasteiger partial charge in [-0.1, -0.05) is 24.3 Å². The van der Waals surface area contributed by atoms with Crippen LogP contribution in [0.1, 0.15) is 17.5 Å². The van der Waals surface area contributed by atoms with Crippen LogP contribution in [0.25, 0.3) is 0 Å². The molecule has 1 heterocycles. The molecule has 0 spiro atoms. The topological polar surface area (TPSA) is 46.3 Å². The lowest BCUT2D eigenvalue weighted by Crippen LogP contribution is -2.27. The first-order valence-electron chi connectivity index (χ1n) is 7.51. The van der Waals surface area contributed by atoms with E-state index in [-0.39, 0.29) is 17.8 Å². The van der Waals surface area contributed by atoms with Crippen molar-refractivity contribution in [2.75, 3.05) is 11.4 Å². The summed E-state index contributed by atoms with van der Waals surface area (Å²) in [4.78, 5) is 13.6. The Morgan fingerprint density at radius 3 is 2.45 bits per heavy atom. The van der Waals surface area contributed by atoms with E-state index in [4.69, 9.17) is 5.73 Å². The van der Waals surface area contributed by atoms with Crippen molar-refractivity contribution in [3.8, 4) is 0 Å². The van der Waals surface area contributed by atoms with Crippen molar-refractivity contribution in [1.82, 2.24) is 0 Å². The number of nitrogens with zero attached hydrogens (tertiary/aromatic N) is 1. The number of carbonyl (C=O) groups is 1. The van der Waals surface area contributed by atoms with Crippen LogP contribution in [0.5, 0.6) is 0 Å². The van der Waals surface area contributed by atoms with Crippen LogP contribution in [-0.4, -0.2) is 18.5 Å². The van der Waals surface area contributed by atoms with E-state index in [1.807, 2.05) is 30.3 Å². The maximum Gasteiger partial charge on any atom is 0.228 e. The molecule has 1 aliphatic rings. The third kappa shape index (κ3) is 3.34. The number of hydrogen-bond acceptors (Lipinski definition) is 2. The lowest BCUT2D eigenvalue weighted by atomic mass is 10.0. The molecule has 0 aliphatic carbocycles. The average Bonchev–Trinajstić information content (AvgIpc) is 2.84. The molecule has 1 fully saturated rings. The lowest BCUT2D eigenvalue weighted by Gasteiger charge is -2.16. The highest BCUT2D eigenvalue weighted by Crippen LogP contribution is 2.21. The summed E-state index contributed by atoms with van der Waals surface area (Å²) in [6, 6.07) is 14.6. The van der Waals surface area contributed by atoms with Gasteiger partial charge in [-0.15, -0.1) is 0 Å². The second-order valence-electron chi connectivity index (χ2n) is 5.76. The molecule has 3 rings (SSSR count). The number of amides is 1. The van der Waals surface area contributed by atoms with Crippen LogP contribution >= 0.6 is 0 Å². The summed E-state index contributed by atoms with van der Waals surface area (Å²) >= 11 is 0. The van der Waals surface area contributed by atoms with Gasteiger partial charge in [-0.3, -0.25) is 4.79 Å². The van der Waals surface area contributed by atoms with Crippen molar-refractivity contribution >= 4 is 11.6 Å². The second kappa shape index (κ2) is 6.28. The van der Waals surface area contributed by atoms with Gasteiger partial charge >= 0.3 is 0 Å². The number of nitrogens with two attached hydrogens (primary N) is 1. The number of rotatable bonds is 4. The SMILES string of the molecule is NC1CC(=O)N(c2ccc(CCc3cccc(F)c3)cc2)C1. The fraction of sp³-hybridized carbons (Fsp3) is 0.278. The Morgan fingerprint density at radius 2 is 1.82 bits per heavy atom. The van der Waals surface area contributed by atoms with Gasteiger partial charge in [0.15, 0.2) is 0 Å². The van der Waals surface area contributed by atoms with Gasteiger partial charge in [-0.2, -0.15) is 0 Å². The van der Waals surface area contributed by atoms with E-state index in [0.717, 1.165) is 24.1 Å². The Hall–Kier alpha value is -2.20. The van der Waals surface area contributed by atoms with Gasteiger partial charge in [-0.25, -0.2) is 4.39 Å². The number of halogens is 1. The third-order valence-electron chi connectivity index (χ3n) is 3.99. The highest BCUT2D eigenvalue weighted by atomic mass is 19.1.